The molecule has 1 amide bonds. The van der Waals surface area contributed by atoms with Gasteiger partial charge in [0.15, 0.2) is 6.10 Å². The van der Waals surface area contributed by atoms with Crippen molar-refractivity contribution in [1.82, 2.24) is 9.80 Å². The first-order valence-corrected chi connectivity index (χ1v) is 11.4. The molecule has 1 aromatic carbocycles. The van der Waals surface area contributed by atoms with E-state index in [9.17, 15) is 22.4 Å². The zero-order valence-electron chi connectivity index (χ0n) is 18.5. The first-order valence-electron chi connectivity index (χ1n) is 11.4. The maximum Gasteiger partial charge on any atom is 0.425 e. The molecule has 4 rings (SSSR count). The minimum atomic E-state index is -4.55. The van der Waals surface area contributed by atoms with Crippen LogP contribution in [0.25, 0.3) is 0 Å². The van der Waals surface area contributed by atoms with Crippen LogP contribution < -0.4 is 4.90 Å². The first kappa shape index (κ1) is 23.1. The zero-order chi connectivity index (χ0) is 22.9. The van der Waals surface area contributed by atoms with Crippen molar-refractivity contribution in [3.05, 3.63) is 29.6 Å². The number of carbonyl (C=O) groups excluding carboxylic acids is 1. The standard InChI is InChI=1S/C23H31F4N3O2/c1-17(23(25,26)27)32-21(31)30-9-5-22(6-10-30)15-28(16-22)14-18-11-19(24)13-20(12-18)29-7-3-2-4-8-29/h11-13,17H,2-10,14-16H2,1H3. The second-order valence-corrected chi connectivity index (χ2v) is 9.57. The molecule has 32 heavy (non-hydrogen) atoms. The summed E-state index contributed by atoms with van der Waals surface area (Å²) in [5, 5.41) is 0. The van der Waals surface area contributed by atoms with E-state index in [1.54, 1.807) is 12.1 Å². The van der Waals surface area contributed by atoms with Crippen LogP contribution in [0.1, 0.15) is 44.6 Å². The number of alkyl halides is 3. The van der Waals surface area contributed by atoms with E-state index in [1.807, 2.05) is 0 Å². The lowest BCUT2D eigenvalue weighted by Gasteiger charge is -2.54. The van der Waals surface area contributed by atoms with Gasteiger partial charge in [0.05, 0.1) is 0 Å². The smallest absolute Gasteiger partial charge is 0.425 e. The second kappa shape index (κ2) is 9.08. The van der Waals surface area contributed by atoms with Gasteiger partial charge in [0.1, 0.15) is 5.82 Å². The molecule has 0 N–H and O–H groups in total. The molecule has 1 unspecified atom stereocenters. The number of carbonyl (C=O) groups is 1. The highest BCUT2D eigenvalue weighted by Crippen LogP contribution is 2.41. The molecule has 3 heterocycles. The summed E-state index contributed by atoms with van der Waals surface area (Å²) in [6.07, 6.45) is -2.57. The molecule has 1 spiro atoms. The van der Waals surface area contributed by atoms with Crippen molar-refractivity contribution in [1.29, 1.82) is 0 Å². The lowest BCUT2D eigenvalue weighted by Crippen LogP contribution is -2.60. The molecule has 3 aliphatic heterocycles. The van der Waals surface area contributed by atoms with Gasteiger partial charge < -0.3 is 14.5 Å². The van der Waals surface area contributed by atoms with Gasteiger partial charge in [-0.3, -0.25) is 4.90 Å². The van der Waals surface area contributed by atoms with E-state index in [0.717, 1.165) is 70.0 Å². The lowest BCUT2D eigenvalue weighted by molar-refractivity contribution is -0.200. The van der Waals surface area contributed by atoms with Gasteiger partial charge in [0, 0.05) is 51.5 Å². The number of nitrogens with zero attached hydrogens (tertiary/aromatic N) is 3. The Morgan fingerprint density at radius 1 is 1.06 bits per heavy atom. The summed E-state index contributed by atoms with van der Waals surface area (Å²) in [5.41, 5.74) is 1.99. The number of amides is 1. The van der Waals surface area contributed by atoms with Crippen molar-refractivity contribution < 1.29 is 27.1 Å². The van der Waals surface area contributed by atoms with Crippen LogP contribution in [0, 0.1) is 11.2 Å². The monoisotopic (exact) mass is 457 g/mol. The minimum Gasteiger partial charge on any atom is -0.437 e. The fourth-order valence-electron chi connectivity index (χ4n) is 5.10. The number of hydrogen-bond acceptors (Lipinski definition) is 4. The first-order chi connectivity index (χ1) is 15.1. The van der Waals surface area contributed by atoms with Gasteiger partial charge in [-0.1, -0.05) is 0 Å². The summed E-state index contributed by atoms with van der Waals surface area (Å²) in [6, 6.07) is 5.29. The number of anilines is 1. The third-order valence-corrected chi connectivity index (χ3v) is 7.01. The third kappa shape index (κ3) is 5.30. The molecule has 5 nitrogen and oxygen atoms in total. The Kier molecular flexibility index (Phi) is 6.56. The molecule has 0 saturated carbocycles. The predicted octanol–water partition coefficient (Wildman–Crippen LogP) is 4.80. The average Bonchev–Trinajstić information content (AvgIpc) is 2.72. The number of benzene rings is 1. The fraction of sp³-hybridized carbons (Fsp3) is 0.696. The largest absolute Gasteiger partial charge is 0.437 e. The number of piperidine rings is 2. The summed E-state index contributed by atoms with van der Waals surface area (Å²) in [6.45, 7) is 5.96. The van der Waals surface area contributed by atoms with E-state index in [1.165, 1.54) is 11.3 Å². The Bertz CT molecular complexity index is 810. The molecule has 178 valence electrons. The molecule has 3 aliphatic rings. The number of halogens is 4. The molecule has 3 saturated heterocycles. The van der Waals surface area contributed by atoms with Gasteiger partial charge in [-0.2, -0.15) is 13.2 Å². The van der Waals surface area contributed by atoms with E-state index in [2.05, 4.69) is 20.6 Å². The Balaban J connectivity index is 1.26. The zero-order valence-corrected chi connectivity index (χ0v) is 18.5. The van der Waals surface area contributed by atoms with Crippen LogP contribution in [0.4, 0.5) is 28.0 Å². The van der Waals surface area contributed by atoms with Crippen molar-refractivity contribution in [2.24, 2.45) is 5.41 Å². The lowest BCUT2D eigenvalue weighted by atomic mass is 9.72. The normalized spacial score (nSPS) is 22.5. The van der Waals surface area contributed by atoms with Gasteiger partial charge >= 0.3 is 12.3 Å². The van der Waals surface area contributed by atoms with E-state index in [-0.39, 0.29) is 11.2 Å². The maximum absolute atomic E-state index is 14.2. The SMILES string of the molecule is CC(OC(=O)N1CCC2(CC1)CN(Cc1cc(F)cc(N3CCCCC3)c1)C2)C(F)(F)F. The molecule has 0 radical (unpaired) electrons. The molecule has 0 aliphatic carbocycles. The summed E-state index contributed by atoms with van der Waals surface area (Å²) in [4.78, 5) is 17.9. The molecular weight excluding hydrogens is 426 g/mol. The van der Waals surface area contributed by atoms with Crippen LogP contribution in [0.5, 0.6) is 0 Å². The highest BCUT2D eigenvalue weighted by molar-refractivity contribution is 5.68. The van der Waals surface area contributed by atoms with Crippen molar-refractivity contribution in [2.75, 3.05) is 44.2 Å². The molecule has 1 aromatic rings. The van der Waals surface area contributed by atoms with Crippen LogP contribution in [0.15, 0.2) is 18.2 Å². The van der Waals surface area contributed by atoms with Gasteiger partial charge in [0.25, 0.3) is 0 Å². The van der Waals surface area contributed by atoms with Gasteiger partial charge in [-0.05, 0) is 68.2 Å². The van der Waals surface area contributed by atoms with E-state index in [4.69, 9.17) is 0 Å². The Labute approximate surface area is 186 Å². The topological polar surface area (TPSA) is 36.0 Å². The van der Waals surface area contributed by atoms with Gasteiger partial charge in [-0.25, -0.2) is 9.18 Å². The average molecular weight is 458 g/mol. The van der Waals surface area contributed by atoms with E-state index >= 15 is 0 Å². The molecule has 0 bridgehead atoms. The minimum absolute atomic E-state index is 0.0788. The summed E-state index contributed by atoms with van der Waals surface area (Å²) >= 11 is 0. The van der Waals surface area contributed by atoms with Gasteiger partial charge in [-0.15, -0.1) is 0 Å². The highest BCUT2D eigenvalue weighted by Gasteiger charge is 2.46. The van der Waals surface area contributed by atoms with Crippen molar-refractivity contribution in [2.45, 2.75) is 57.9 Å². The van der Waals surface area contributed by atoms with Crippen molar-refractivity contribution in [3.63, 3.8) is 0 Å². The highest BCUT2D eigenvalue weighted by atomic mass is 19.4. The fourth-order valence-corrected chi connectivity index (χ4v) is 5.10. The van der Waals surface area contributed by atoms with Crippen molar-refractivity contribution >= 4 is 11.8 Å². The van der Waals surface area contributed by atoms with Crippen LogP contribution in [0.3, 0.4) is 0 Å². The predicted molar refractivity (Wildman–Crippen MR) is 113 cm³/mol. The molecule has 3 fully saturated rings. The van der Waals surface area contributed by atoms with E-state index in [0.29, 0.717) is 19.6 Å². The van der Waals surface area contributed by atoms with Crippen molar-refractivity contribution in [3.8, 4) is 0 Å². The molecular formula is C23H31F4N3O2. The van der Waals surface area contributed by atoms with Crippen LogP contribution in [-0.4, -0.2) is 67.4 Å². The summed E-state index contributed by atoms with van der Waals surface area (Å²) < 4.78 is 56.6. The number of ether oxygens (including phenoxy) is 1. The number of likely N-dealkylation sites (tertiary alicyclic amines) is 2. The Morgan fingerprint density at radius 2 is 1.72 bits per heavy atom. The maximum atomic E-state index is 14.2. The molecule has 9 heteroatoms. The molecule has 1 atom stereocenters. The molecule has 0 aromatic heterocycles. The van der Waals surface area contributed by atoms with Crippen LogP contribution in [0.2, 0.25) is 0 Å². The number of hydrogen-bond donors (Lipinski definition) is 0. The summed E-state index contributed by atoms with van der Waals surface area (Å²) in [7, 11) is 0. The Morgan fingerprint density at radius 3 is 2.34 bits per heavy atom. The number of rotatable bonds is 4. The van der Waals surface area contributed by atoms with Crippen LogP contribution >= 0.6 is 0 Å². The second-order valence-electron chi connectivity index (χ2n) is 9.57. The van der Waals surface area contributed by atoms with E-state index < -0.39 is 18.4 Å². The Hall–Kier alpha value is -2.03. The quantitative estimate of drug-likeness (QED) is 0.609. The van der Waals surface area contributed by atoms with Gasteiger partial charge in [0.2, 0.25) is 0 Å². The van der Waals surface area contributed by atoms with Crippen LogP contribution in [-0.2, 0) is 11.3 Å². The summed E-state index contributed by atoms with van der Waals surface area (Å²) in [5.74, 6) is -0.210. The third-order valence-electron chi connectivity index (χ3n) is 7.01.